The quantitative estimate of drug-likeness (QED) is 0.0888. The molecule has 5 aromatic rings. The average molecular weight is 655 g/mol. The Morgan fingerprint density at radius 3 is 1.84 bits per heavy atom. The largest absolute Gasteiger partial charge is 0.346 e. The summed E-state index contributed by atoms with van der Waals surface area (Å²) in [6.45, 7) is 1.67. The van der Waals surface area contributed by atoms with Crippen LogP contribution in [0.3, 0.4) is 0 Å². The van der Waals surface area contributed by atoms with Crippen LogP contribution in [0.15, 0.2) is 121 Å². The molecule has 49 heavy (non-hydrogen) atoms. The van der Waals surface area contributed by atoms with Gasteiger partial charge in [-0.2, -0.15) is 0 Å². The van der Waals surface area contributed by atoms with Crippen LogP contribution in [0.25, 0.3) is 10.9 Å². The molecule has 250 valence electrons. The molecule has 0 bridgehead atoms. The maximum Gasteiger partial charge on any atom is 0.223 e. The summed E-state index contributed by atoms with van der Waals surface area (Å²) in [6, 6.07) is 36.7. The summed E-state index contributed by atoms with van der Waals surface area (Å²) in [7, 11) is 1.83. The number of aromatic nitrogens is 1. The van der Waals surface area contributed by atoms with Crippen LogP contribution in [0.5, 0.6) is 0 Å². The first-order valence-corrected chi connectivity index (χ1v) is 16.8. The van der Waals surface area contributed by atoms with Crippen LogP contribution in [-0.4, -0.2) is 39.6 Å². The van der Waals surface area contributed by atoms with Gasteiger partial charge in [0.05, 0.1) is 11.7 Å². The van der Waals surface area contributed by atoms with Crippen LogP contribution in [0, 0.1) is 11.8 Å². The van der Waals surface area contributed by atoms with Gasteiger partial charge in [0.1, 0.15) is 0 Å². The lowest BCUT2D eigenvalue weighted by Gasteiger charge is -2.23. The molecular formula is C42H42N2O5. The van der Waals surface area contributed by atoms with Gasteiger partial charge < -0.3 is 9.88 Å². The second-order valence-corrected chi connectivity index (χ2v) is 12.8. The number of para-hydroxylation sites is 1. The molecule has 0 radical (unpaired) electrons. The Morgan fingerprint density at radius 2 is 1.22 bits per heavy atom. The van der Waals surface area contributed by atoms with E-state index in [0.29, 0.717) is 12.1 Å². The summed E-state index contributed by atoms with van der Waals surface area (Å²) in [6.07, 6.45) is 0.682. The summed E-state index contributed by atoms with van der Waals surface area (Å²) in [4.78, 5) is 67.8. The van der Waals surface area contributed by atoms with Crippen LogP contribution in [0.2, 0.25) is 0 Å². The van der Waals surface area contributed by atoms with Gasteiger partial charge in [0.2, 0.25) is 11.7 Å². The maximum atomic E-state index is 14.1. The summed E-state index contributed by atoms with van der Waals surface area (Å²) >= 11 is 0. The Kier molecular flexibility index (Phi) is 11.8. The Morgan fingerprint density at radius 1 is 0.673 bits per heavy atom. The molecule has 0 saturated carbocycles. The molecular weight excluding hydrogens is 612 g/mol. The molecule has 0 aliphatic carbocycles. The molecule has 7 heteroatoms. The van der Waals surface area contributed by atoms with E-state index < -0.39 is 35.4 Å². The van der Waals surface area contributed by atoms with Gasteiger partial charge in [-0.15, -0.1) is 0 Å². The predicted molar refractivity (Wildman–Crippen MR) is 191 cm³/mol. The van der Waals surface area contributed by atoms with Crippen molar-refractivity contribution in [3.8, 4) is 0 Å². The second-order valence-electron chi connectivity index (χ2n) is 12.8. The maximum absolute atomic E-state index is 14.1. The molecule has 1 amide bonds. The van der Waals surface area contributed by atoms with Crippen molar-refractivity contribution in [1.82, 2.24) is 9.88 Å². The zero-order valence-electron chi connectivity index (χ0n) is 28.0. The van der Waals surface area contributed by atoms with Crippen molar-refractivity contribution >= 4 is 39.9 Å². The van der Waals surface area contributed by atoms with E-state index in [1.807, 2.05) is 133 Å². The molecule has 4 aromatic carbocycles. The SMILES string of the molecule is C[C@H](CC(=O)c1cc2ccccc2n1C)C(=O)N[C@@H](Cc1ccccc1)C(=O)C[C@@H](Cc1ccccc1)C(=O)C(=O)CCc1ccccc1. The molecule has 5 rings (SSSR count). The molecule has 0 saturated heterocycles. The van der Waals surface area contributed by atoms with E-state index in [1.165, 1.54) is 0 Å². The van der Waals surface area contributed by atoms with Crippen molar-refractivity contribution in [3.05, 3.63) is 144 Å². The summed E-state index contributed by atoms with van der Waals surface area (Å²) in [5.74, 6) is -3.61. The monoisotopic (exact) mass is 654 g/mol. The minimum absolute atomic E-state index is 0.0344. The second kappa shape index (κ2) is 16.6. The lowest BCUT2D eigenvalue weighted by atomic mass is 9.85. The number of carbonyl (C=O) groups excluding carboxylic acids is 5. The number of hydrogen-bond acceptors (Lipinski definition) is 5. The van der Waals surface area contributed by atoms with Crippen molar-refractivity contribution in [3.63, 3.8) is 0 Å². The van der Waals surface area contributed by atoms with Gasteiger partial charge in [-0.3, -0.25) is 24.0 Å². The van der Waals surface area contributed by atoms with E-state index in [4.69, 9.17) is 0 Å². The van der Waals surface area contributed by atoms with Gasteiger partial charge in [-0.05, 0) is 48.1 Å². The van der Waals surface area contributed by atoms with Gasteiger partial charge in [-0.25, -0.2) is 0 Å². The Hall–Kier alpha value is -5.43. The molecule has 0 fully saturated rings. The standard InChI is InChI=1S/C42H42N2O5/c1-29(24-40(47)37-27-33-20-12-13-21-36(33)44(37)2)42(49)43-35(26-32-18-10-5-11-19-32)39(46)28-34(25-31-16-8-4-9-17-31)41(48)38(45)23-22-30-14-6-3-7-15-30/h3-21,27,29,34-35H,22-26,28H2,1-2H3,(H,43,49)/t29-,34-,35+/m1/s1. The number of ketones is 4. The van der Waals surface area contributed by atoms with E-state index in [2.05, 4.69) is 5.32 Å². The Bertz CT molecular complexity index is 1910. The minimum Gasteiger partial charge on any atom is -0.346 e. The normalized spacial score (nSPS) is 12.9. The highest BCUT2D eigenvalue weighted by atomic mass is 16.2. The van der Waals surface area contributed by atoms with Crippen LogP contribution in [0.4, 0.5) is 0 Å². The van der Waals surface area contributed by atoms with Crippen LogP contribution in [0.1, 0.15) is 53.4 Å². The van der Waals surface area contributed by atoms with Crippen molar-refractivity contribution in [2.45, 2.75) is 51.5 Å². The van der Waals surface area contributed by atoms with Gasteiger partial charge in [0, 0.05) is 49.0 Å². The van der Waals surface area contributed by atoms with E-state index in [9.17, 15) is 24.0 Å². The predicted octanol–water partition coefficient (Wildman–Crippen LogP) is 6.70. The fourth-order valence-corrected chi connectivity index (χ4v) is 6.24. The van der Waals surface area contributed by atoms with Crippen molar-refractivity contribution in [2.75, 3.05) is 0 Å². The smallest absolute Gasteiger partial charge is 0.223 e. The zero-order chi connectivity index (χ0) is 34.8. The third-order valence-corrected chi connectivity index (χ3v) is 9.07. The van der Waals surface area contributed by atoms with Crippen molar-refractivity contribution in [2.24, 2.45) is 18.9 Å². The van der Waals surface area contributed by atoms with Gasteiger partial charge >= 0.3 is 0 Å². The molecule has 0 spiro atoms. The highest BCUT2D eigenvalue weighted by Crippen LogP contribution is 2.22. The number of benzene rings is 4. The first kappa shape index (κ1) is 34.9. The highest BCUT2D eigenvalue weighted by Gasteiger charge is 2.32. The van der Waals surface area contributed by atoms with Crippen LogP contribution < -0.4 is 5.32 Å². The van der Waals surface area contributed by atoms with Gasteiger partial charge in [0.15, 0.2) is 17.3 Å². The number of fused-ring (bicyclic) bond motifs is 1. The first-order chi connectivity index (χ1) is 23.7. The summed E-state index contributed by atoms with van der Waals surface area (Å²) < 4.78 is 1.83. The third kappa shape index (κ3) is 9.35. The molecule has 0 aliphatic rings. The number of hydrogen-bond donors (Lipinski definition) is 1. The molecule has 1 heterocycles. The molecule has 0 unspecified atom stereocenters. The van der Waals surface area contributed by atoms with Crippen molar-refractivity contribution in [1.29, 1.82) is 0 Å². The first-order valence-electron chi connectivity index (χ1n) is 16.8. The summed E-state index contributed by atoms with van der Waals surface area (Å²) in [5, 5.41) is 3.85. The fraction of sp³-hybridized carbons (Fsp3) is 0.262. The molecule has 1 aromatic heterocycles. The van der Waals surface area contributed by atoms with Crippen LogP contribution >= 0.6 is 0 Å². The number of carbonyl (C=O) groups is 5. The lowest BCUT2D eigenvalue weighted by molar-refractivity contribution is -0.140. The van der Waals surface area contributed by atoms with Crippen LogP contribution in [-0.2, 0) is 45.5 Å². The fourth-order valence-electron chi connectivity index (χ4n) is 6.24. The highest BCUT2D eigenvalue weighted by molar-refractivity contribution is 6.38. The number of rotatable bonds is 17. The molecule has 0 aliphatic heterocycles. The average Bonchev–Trinajstić information content (AvgIpc) is 3.47. The number of aryl methyl sites for hydroxylation is 2. The van der Waals surface area contributed by atoms with Gasteiger partial charge in [0.25, 0.3) is 0 Å². The number of nitrogens with one attached hydrogen (secondary N) is 1. The van der Waals surface area contributed by atoms with E-state index in [-0.39, 0.29) is 43.7 Å². The van der Waals surface area contributed by atoms with Crippen molar-refractivity contribution < 1.29 is 24.0 Å². The number of amides is 1. The molecule has 3 atom stereocenters. The topological polar surface area (TPSA) is 102 Å². The van der Waals surface area contributed by atoms with E-state index in [0.717, 1.165) is 27.6 Å². The molecule has 7 nitrogen and oxygen atoms in total. The van der Waals surface area contributed by atoms with E-state index in [1.54, 1.807) is 6.92 Å². The molecule has 1 N–H and O–H groups in total. The number of Topliss-reactive ketones (excluding diaryl/α,β-unsaturated/α-hetero) is 4. The summed E-state index contributed by atoms with van der Waals surface area (Å²) in [5.41, 5.74) is 4.07. The van der Waals surface area contributed by atoms with E-state index >= 15 is 0 Å². The zero-order valence-corrected chi connectivity index (χ0v) is 28.0. The number of nitrogens with zero attached hydrogens (tertiary/aromatic N) is 1. The minimum atomic E-state index is -0.949. The lowest BCUT2D eigenvalue weighted by Crippen LogP contribution is -2.46. The van der Waals surface area contributed by atoms with Gasteiger partial charge in [-0.1, -0.05) is 116 Å². The third-order valence-electron chi connectivity index (χ3n) is 9.07. The Balaban J connectivity index is 1.31. The Labute approximate surface area is 287 Å².